The molecule has 0 saturated heterocycles. The number of pyridine rings is 1. The van der Waals surface area contributed by atoms with Gasteiger partial charge >= 0.3 is 6.36 Å². The number of alkyl halides is 3. The number of hydrogen-bond acceptors (Lipinski definition) is 4. The fourth-order valence-electron chi connectivity index (χ4n) is 0.984. The molecule has 0 saturated carbocycles. The first kappa shape index (κ1) is 13.2. The fraction of sp³-hybridized carbons (Fsp3) is 0.250. The van der Waals surface area contributed by atoms with E-state index in [9.17, 15) is 18.0 Å². The maximum atomic E-state index is 12.0. The van der Waals surface area contributed by atoms with Crippen LogP contribution in [0.2, 0.25) is 0 Å². The van der Waals surface area contributed by atoms with Crippen molar-refractivity contribution in [2.45, 2.75) is 12.9 Å². The van der Waals surface area contributed by atoms with E-state index in [4.69, 9.17) is 5.73 Å². The lowest BCUT2D eigenvalue weighted by Gasteiger charge is -2.11. The van der Waals surface area contributed by atoms with Gasteiger partial charge in [0, 0.05) is 12.1 Å². The Hall–Kier alpha value is -0.900. The highest BCUT2D eigenvalue weighted by Crippen LogP contribution is 2.27. The van der Waals surface area contributed by atoms with E-state index in [1.165, 1.54) is 0 Å². The van der Waals surface area contributed by atoms with Gasteiger partial charge in [0.05, 0.1) is 5.69 Å². The molecule has 0 amide bonds. The van der Waals surface area contributed by atoms with Crippen molar-refractivity contribution in [2.24, 2.45) is 5.73 Å². The number of aromatic nitrogens is 1. The van der Waals surface area contributed by atoms with Gasteiger partial charge in [-0.05, 0) is 28.7 Å². The topological polar surface area (TPSA) is 65.2 Å². The molecule has 4 nitrogen and oxygen atoms in total. The molecule has 1 heterocycles. The Morgan fingerprint density at radius 2 is 2.19 bits per heavy atom. The molecule has 16 heavy (non-hydrogen) atoms. The number of aldehydes is 1. The number of carbonyl (C=O) groups excluding carboxylic acids is 1. The molecule has 88 valence electrons. The van der Waals surface area contributed by atoms with E-state index in [0.717, 1.165) is 6.07 Å². The van der Waals surface area contributed by atoms with Crippen LogP contribution in [0.3, 0.4) is 0 Å². The van der Waals surface area contributed by atoms with Gasteiger partial charge in [-0.15, -0.1) is 13.2 Å². The Morgan fingerprint density at radius 1 is 1.56 bits per heavy atom. The Bertz CT molecular complexity index is 409. The third-order valence-electron chi connectivity index (χ3n) is 1.60. The lowest BCUT2D eigenvalue weighted by atomic mass is 10.2. The summed E-state index contributed by atoms with van der Waals surface area (Å²) in [6, 6.07) is 0.970. The van der Waals surface area contributed by atoms with E-state index in [-0.39, 0.29) is 21.5 Å². The van der Waals surface area contributed by atoms with Crippen LogP contribution in [0, 0.1) is 3.70 Å². The summed E-state index contributed by atoms with van der Waals surface area (Å²) in [5.41, 5.74) is 5.50. The van der Waals surface area contributed by atoms with E-state index < -0.39 is 12.1 Å². The lowest BCUT2D eigenvalue weighted by Crippen LogP contribution is -2.19. The third kappa shape index (κ3) is 3.30. The number of halogens is 4. The molecular weight excluding hydrogens is 340 g/mol. The standard InChI is InChI=1S/C8H6F3IN2O2/c9-8(10,11)16-6-1-4(3-15)5(2-13)14-7(6)12/h1,3H,2,13H2. The molecule has 2 N–H and O–H groups in total. The van der Waals surface area contributed by atoms with Gasteiger partial charge in [-0.1, -0.05) is 0 Å². The first-order valence-corrected chi connectivity index (χ1v) is 5.05. The number of nitrogens with zero attached hydrogens (tertiary/aromatic N) is 1. The van der Waals surface area contributed by atoms with Crippen LogP contribution in [0.25, 0.3) is 0 Å². The summed E-state index contributed by atoms with van der Waals surface area (Å²) in [5.74, 6) is -0.507. The van der Waals surface area contributed by atoms with Crippen LogP contribution in [-0.4, -0.2) is 17.6 Å². The molecule has 0 spiro atoms. The average Bonchev–Trinajstić information content (AvgIpc) is 2.18. The van der Waals surface area contributed by atoms with E-state index in [1.807, 2.05) is 0 Å². The molecule has 0 aliphatic heterocycles. The molecule has 0 atom stereocenters. The van der Waals surface area contributed by atoms with Crippen LogP contribution in [0.4, 0.5) is 13.2 Å². The van der Waals surface area contributed by atoms with Crippen molar-refractivity contribution in [3.8, 4) is 5.75 Å². The predicted octanol–water partition coefficient (Wildman–Crippen LogP) is 1.86. The van der Waals surface area contributed by atoms with E-state index in [0.29, 0.717) is 6.29 Å². The van der Waals surface area contributed by atoms with Crippen LogP contribution in [0.1, 0.15) is 16.1 Å². The minimum absolute atomic E-state index is 0.000903. The highest BCUT2D eigenvalue weighted by atomic mass is 127. The van der Waals surface area contributed by atoms with Gasteiger partial charge in [0.25, 0.3) is 0 Å². The SMILES string of the molecule is NCc1nc(I)c(OC(F)(F)F)cc1C=O. The van der Waals surface area contributed by atoms with Gasteiger partial charge in [0.1, 0.15) is 3.70 Å². The second kappa shape index (κ2) is 4.95. The molecule has 0 bridgehead atoms. The van der Waals surface area contributed by atoms with Crippen molar-refractivity contribution in [3.63, 3.8) is 0 Å². The van der Waals surface area contributed by atoms with Gasteiger partial charge in [-0.25, -0.2) is 4.98 Å². The molecule has 0 aromatic carbocycles. The maximum absolute atomic E-state index is 12.0. The lowest BCUT2D eigenvalue weighted by molar-refractivity contribution is -0.275. The Morgan fingerprint density at radius 3 is 2.62 bits per heavy atom. The number of rotatable bonds is 3. The van der Waals surface area contributed by atoms with Crippen LogP contribution >= 0.6 is 22.6 Å². The number of hydrogen-bond donors (Lipinski definition) is 1. The van der Waals surface area contributed by atoms with Gasteiger partial charge in [-0.2, -0.15) is 0 Å². The number of nitrogens with two attached hydrogens (primary N) is 1. The van der Waals surface area contributed by atoms with E-state index >= 15 is 0 Å². The first-order valence-electron chi connectivity index (χ1n) is 3.97. The smallest absolute Gasteiger partial charge is 0.403 e. The highest BCUT2D eigenvalue weighted by molar-refractivity contribution is 14.1. The molecule has 0 unspecified atom stereocenters. The van der Waals surface area contributed by atoms with Gasteiger partial charge < -0.3 is 10.5 Å². The largest absolute Gasteiger partial charge is 0.573 e. The summed E-state index contributed by atoms with van der Waals surface area (Å²) in [7, 11) is 0. The average molecular weight is 346 g/mol. The number of carbonyl (C=O) groups is 1. The molecule has 0 aliphatic rings. The zero-order valence-corrected chi connectivity index (χ0v) is 9.87. The predicted molar refractivity (Wildman–Crippen MR) is 56.9 cm³/mol. The molecule has 0 aliphatic carbocycles. The maximum Gasteiger partial charge on any atom is 0.573 e. The normalized spacial score (nSPS) is 11.3. The van der Waals surface area contributed by atoms with E-state index in [1.54, 1.807) is 22.6 Å². The van der Waals surface area contributed by atoms with Crippen molar-refractivity contribution in [1.29, 1.82) is 0 Å². The van der Waals surface area contributed by atoms with Gasteiger partial charge in [0.15, 0.2) is 12.0 Å². The minimum atomic E-state index is -4.81. The molecule has 1 rings (SSSR count). The van der Waals surface area contributed by atoms with Crippen molar-refractivity contribution >= 4 is 28.9 Å². The van der Waals surface area contributed by atoms with Crippen LogP contribution in [-0.2, 0) is 6.54 Å². The van der Waals surface area contributed by atoms with Gasteiger partial charge in [0.2, 0.25) is 0 Å². The monoisotopic (exact) mass is 346 g/mol. The van der Waals surface area contributed by atoms with Crippen LogP contribution in [0.5, 0.6) is 5.75 Å². The van der Waals surface area contributed by atoms with E-state index in [2.05, 4.69) is 9.72 Å². The Kier molecular flexibility index (Phi) is 4.08. The third-order valence-corrected chi connectivity index (χ3v) is 2.38. The second-order valence-corrected chi connectivity index (χ2v) is 3.70. The van der Waals surface area contributed by atoms with Crippen molar-refractivity contribution in [2.75, 3.05) is 0 Å². The van der Waals surface area contributed by atoms with Crippen molar-refractivity contribution in [1.82, 2.24) is 4.98 Å². The fourth-order valence-corrected chi connectivity index (χ4v) is 1.54. The zero-order chi connectivity index (χ0) is 12.3. The van der Waals surface area contributed by atoms with Crippen molar-refractivity contribution in [3.05, 3.63) is 21.0 Å². The minimum Gasteiger partial charge on any atom is -0.403 e. The van der Waals surface area contributed by atoms with Crippen molar-refractivity contribution < 1.29 is 22.7 Å². The summed E-state index contributed by atoms with van der Waals surface area (Å²) < 4.78 is 39.6. The summed E-state index contributed by atoms with van der Waals surface area (Å²) in [6.45, 7) is -0.0314. The summed E-state index contributed by atoms with van der Waals surface area (Å²) in [5, 5.41) is 0. The zero-order valence-electron chi connectivity index (χ0n) is 7.71. The number of ether oxygens (including phenoxy) is 1. The quantitative estimate of drug-likeness (QED) is 0.516. The molecular formula is C8H6F3IN2O2. The summed E-state index contributed by atoms with van der Waals surface area (Å²) in [4.78, 5) is 14.3. The Balaban J connectivity index is 3.16. The molecule has 1 aromatic heterocycles. The molecule has 0 fully saturated rings. The van der Waals surface area contributed by atoms with Gasteiger partial charge in [-0.3, -0.25) is 4.79 Å². The highest BCUT2D eigenvalue weighted by Gasteiger charge is 2.32. The Labute approximate surface area is 102 Å². The molecule has 1 aromatic rings. The first-order chi connectivity index (χ1) is 7.37. The molecule has 0 radical (unpaired) electrons. The second-order valence-electron chi connectivity index (χ2n) is 2.68. The van der Waals surface area contributed by atoms with Crippen LogP contribution in [0.15, 0.2) is 6.07 Å². The summed E-state index contributed by atoms with van der Waals surface area (Å²) in [6.07, 6.45) is -4.43. The van der Waals surface area contributed by atoms with Crippen LogP contribution < -0.4 is 10.5 Å². The summed E-state index contributed by atoms with van der Waals surface area (Å²) >= 11 is 1.57. The molecule has 8 heteroatoms.